The number of nitrogens with one attached hydrogen (secondary N) is 2. The molecule has 1 aromatic carbocycles. The van der Waals surface area contributed by atoms with Crippen molar-refractivity contribution in [1.82, 2.24) is 24.8 Å². The minimum atomic E-state index is 0.293. The second kappa shape index (κ2) is 7.06. The third kappa shape index (κ3) is 3.28. The van der Waals surface area contributed by atoms with Crippen molar-refractivity contribution in [2.75, 3.05) is 32.1 Å². The summed E-state index contributed by atoms with van der Waals surface area (Å²) < 4.78 is 5.29. The van der Waals surface area contributed by atoms with Gasteiger partial charge in [-0.25, -0.2) is 15.0 Å². The van der Waals surface area contributed by atoms with Crippen molar-refractivity contribution in [3.8, 4) is 5.75 Å². The van der Waals surface area contributed by atoms with E-state index >= 15 is 0 Å². The van der Waals surface area contributed by atoms with E-state index in [-0.39, 0.29) is 0 Å². The van der Waals surface area contributed by atoms with Gasteiger partial charge < -0.3 is 15.0 Å². The highest BCUT2D eigenvalue weighted by atomic mass is 16.5. The predicted molar refractivity (Wildman–Crippen MR) is 96.7 cm³/mol. The summed E-state index contributed by atoms with van der Waals surface area (Å²) in [6.45, 7) is 3.03. The van der Waals surface area contributed by atoms with Crippen molar-refractivity contribution in [2.45, 2.75) is 18.9 Å². The Morgan fingerprint density at radius 1 is 1.16 bits per heavy atom. The molecule has 0 saturated carbocycles. The van der Waals surface area contributed by atoms with Crippen molar-refractivity contribution >= 4 is 17.0 Å². The second-order valence-electron chi connectivity index (χ2n) is 6.24. The molecule has 7 nitrogen and oxygen atoms in total. The van der Waals surface area contributed by atoms with Gasteiger partial charge in [-0.1, -0.05) is 12.1 Å². The number of rotatable bonds is 6. The lowest BCUT2D eigenvalue weighted by molar-refractivity contribution is 0.255. The maximum Gasteiger partial charge on any atom is 0.182 e. The van der Waals surface area contributed by atoms with Crippen LogP contribution in [0.5, 0.6) is 5.75 Å². The number of likely N-dealkylation sites (tertiary alicyclic amines) is 1. The van der Waals surface area contributed by atoms with Crippen LogP contribution in [-0.4, -0.2) is 51.6 Å². The van der Waals surface area contributed by atoms with Crippen LogP contribution in [0.3, 0.4) is 0 Å². The number of H-pyrrole nitrogens is 1. The van der Waals surface area contributed by atoms with Crippen molar-refractivity contribution in [3.05, 3.63) is 42.5 Å². The van der Waals surface area contributed by atoms with Crippen molar-refractivity contribution in [3.63, 3.8) is 0 Å². The summed E-state index contributed by atoms with van der Waals surface area (Å²) in [5, 5.41) is 3.48. The molecule has 1 saturated heterocycles. The Labute approximate surface area is 146 Å². The summed E-state index contributed by atoms with van der Waals surface area (Å²) in [5.41, 5.74) is 2.81. The van der Waals surface area contributed by atoms with E-state index in [0.717, 1.165) is 36.7 Å². The van der Waals surface area contributed by atoms with Crippen LogP contribution in [0.1, 0.15) is 24.4 Å². The van der Waals surface area contributed by atoms with Crippen LogP contribution in [0.4, 0.5) is 5.82 Å². The number of fused-ring (bicyclic) bond motifs is 1. The molecule has 1 atom stereocenters. The molecule has 4 rings (SSSR count). The Balaban J connectivity index is 1.56. The zero-order chi connectivity index (χ0) is 17.1. The average molecular weight is 338 g/mol. The summed E-state index contributed by atoms with van der Waals surface area (Å²) in [4.78, 5) is 18.4. The minimum absolute atomic E-state index is 0.293. The fraction of sp³-hybridized carbons (Fsp3) is 0.389. The van der Waals surface area contributed by atoms with Crippen molar-refractivity contribution in [2.24, 2.45) is 0 Å². The van der Waals surface area contributed by atoms with E-state index in [9.17, 15) is 0 Å². The summed E-state index contributed by atoms with van der Waals surface area (Å²) in [6.07, 6.45) is 5.70. The monoisotopic (exact) mass is 338 g/mol. The Kier molecular flexibility index (Phi) is 4.47. The standard InChI is InChI=1S/C18H22N6O/c1-25-14-6-4-13(5-7-14)15(24-8-2-3-9-24)10-19-17-16-18(21-11-20-16)23-12-22-17/h4-7,11-12,15H,2-3,8-10H2,1H3,(H2,19,20,21,22,23). The van der Waals surface area contributed by atoms with Gasteiger partial charge in [0, 0.05) is 6.54 Å². The Morgan fingerprint density at radius 3 is 2.72 bits per heavy atom. The molecule has 130 valence electrons. The van der Waals surface area contributed by atoms with Crippen LogP contribution in [0, 0.1) is 0 Å². The molecule has 0 spiro atoms. The molecule has 3 heterocycles. The molecule has 2 aromatic heterocycles. The molecule has 0 bridgehead atoms. The molecule has 1 unspecified atom stereocenters. The molecule has 1 fully saturated rings. The molecule has 0 aliphatic carbocycles. The van der Waals surface area contributed by atoms with Gasteiger partial charge in [-0.05, 0) is 43.6 Å². The van der Waals surface area contributed by atoms with Crippen LogP contribution in [-0.2, 0) is 0 Å². The Bertz CT molecular complexity index is 825. The van der Waals surface area contributed by atoms with E-state index in [1.807, 2.05) is 12.1 Å². The van der Waals surface area contributed by atoms with Gasteiger partial charge in [0.25, 0.3) is 0 Å². The lowest BCUT2D eigenvalue weighted by Gasteiger charge is -2.28. The van der Waals surface area contributed by atoms with Gasteiger partial charge in [0.15, 0.2) is 11.5 Å². The van der Waals surface area contributed by atoms with Crippen molar-refractivity contribution in [1.29, 1.82) is 0 Å². The SMILES string of the molecule is COc1ccc(C(CNc2ncnc3nc[nH]c23)N2CCCC2)cc1. The second-order valence-corrected chi connectivity index (χ2v) is 6.24. The summed E-state index contributed by atoms with van der Waals surface area (Å²) in [6, 6.07) is 8.64. The number of hydrogen-bond acceptors (Lipinski definition) is 6. The van der Waals surface area contributed by atoms with Gasteiger partial charge in [-0.2, -0.15) is 0 Å². The molecule has 0 amide bonds. The summed E-state index contributed by atoms with van der Waals surface area (Å²) >= 11 is 0. The first-order valence-corrected chi connectivity index (χ1v) is 8.61. The van der Waals surface area contributed by atoms with Crippen LogP contribution in [0.15, 0.2) is 36.9 Å². The van der Waals surface area contributed by atoms with Gasteiger partial charge in [0.05, 0.1) is 19.5 Å². The molecular weight excluding hydrogens is 316 g/mol. The lowest BCUT2D eigenvalue weighted by atomic mass is 10.1. The zero-order valence-corrected chi connectivity index (χ0v) is 14.3. The van der Waals surface area contributed by atoms with E-state index in [1.165, 1.54) is 18.4 Å². The Morgan fingerprint density at radius 2 is 1.96 bits per heavy atom. The van der Waals surface area contributed by atoms with E-state index < -0.39 is 0 Å². The van der Waals surface area contributed by atoms with Gasteiger partial charge in [-0.15, -0.1) is 0 Å². The molecule has 25 heavy (non-hydrogen) atoms. The first kappa shape index (κ1) is 15.8. The van der Waals surface area contributed by atoms with Crippen LogP contribution < -0.4 is 10.1 Å². The highest BCUT2D eigenvalue weighted by Gasteiger charge is 2.23. The molecule has 3 aromatic rings. The summed E-state index contributed by atoms with van der Waals surface area (Å²) in [7, 11) is 1.69. The van der Waals surface area contributed by atoms with Crippen LogP contribution in [0.2, 0.25) is 0 Å². The molecule has 7 heteroatoms. The largest absolute Gasteiger partial charge is 0.497 e. The number of hydrogen-bond donors (Lipinski definition) is 2. The Hall–Kier alpha value is -2.67. The number of methoxy groups -OCH3 is 1. The van der Waals surface area contributed by atoms with Gasteiger partial charge >= 0.3 is 0 Å². The topological polar surface area (TPSA) is 79.0 Å². The van der Waals surface area contributed by atoms with Crippen LogP contribution in [0.25, 0.3) is 11.2 Å². The minimum Gasteiger partial charge on any atom is -0.497 e. The first-order valence-electron chi connectivity index (χ1n) is 8.61. The van der Waals surface area contributed by atoms with Crippen molar-refractivity contribution < 1.29 is 4.74 Å². The number of benzene rings is 1. The van der Waals surface area contributed by atoms with Crippen LogP contribution >= 0.6 is 0 Å². The zero-order valence-electron chi connectivity index (χ0n) is 14.3. The number of aromatic nitrogens is 4. The van der Waals surface area contributed by atoms with E-state index in [2.05, 4.69) is 42.3 Å². The predicted octanol–water partition coefficient (Wildman–Crippen LogP) is 2.61. The average Bonchev–Trinajstić information content (AvgIpc) is 3.34. The number of anilines is 1. The molecule has 0 radical (unpaired) electrons. The normalized spacial score (nSPS) is 16.2. The van der Waals surface area contributed by atoms with Gasteiger partial charge in [-0.3, -0.25) is 4.90 Å². The number of aromatic amines is 1. The maximum absolute atomic E-state index is 5.29. The van der Waals surface area contributed by atoms with E-state index in [0.29, 0.717) is 11.7 Å². The van der Waals surface area contributed by atoms with Gasteiger partial charge in [0.1, 0.15) is 17.6 Å². The third-order valence-electron chi connectivity index (χ3n) is 4.77. The smallest absolute Gasteiger partial charge is 0.182 e. The fourth-order valence-corrected chi connectivity index (χ4v) is 3.43. The lowest BCUT2D eigenvalue weighted by Crippen LogP contribution is -2.31. The van der Waals surface area contributed by atoms with E-state index in [1.54, 1.807) is 19.8 Å². The quantitative estimate of drug-likeness (QED) is 0.719. The number of nitrogens with zero attached hydrogens (tertiary/aromatic N) is 4. The van der Waals surface area contributed by atoms with E-state index in [4.69, 9.17) is 4.74 Å². The highest BCUT2D eigenvalue weighted by molar-refractivity contribution is 5.81. The molecule has 1 aliphatic heterocycles. The third-order valence-corrected chi connectivity index (χ3v) is 4.77. The highest BCUT2D eigenvalue weighted by Crippen LogP contribution is 2.27. The summed E-state index contributed by atoms with van der Waals surface area (Å²) in [5.74, 6) is 1.67. The maximum atomic E-state index is 5.29. The molecular formula is C18H22N6O. The first-order chi connectivity index (χ1) is 12.3. The molecule has 2 N–H and O–H groups in total. The number of ether oxygens (including phenoxy) is 1. The van der Waals surface area contributed by atoms with Gasteiger partial charge in [0.2, 0.25) is 0 Å². The molecule has 1 aliphatic rings. The number of imidazole rings is 1. The fourth-order valence-electron chi connectivity index (χ4n) is 3.43.